The first-order chi connectivity index (χ1) is 8.54. The quantitative estimate of drug-likeness (QED) is 0.720. The fraction of sp³-hybridized carbons (Fsp3) is 0.455. The normalized spacial score (nSPS) is 10.1. The number of hydrogen-bond donors (Lipinski definition) is 2. The fourth-order valence-corrected chi connectivity index (χ4v) is 1.41. The molecule has 0 unspecified atom stereocenters. The summed E-state index contributed by atoms with van der Waals surface area (Å²) in [5, 5.41) is 8.71. The van der Waals surface area contributed by atoms with Gasteiger partial charge in [-0.2, -0.15) is 0 Å². The predicted octanol–water partition coefficient (Wildman–Crippen LogP) is 0.267. The zero-order valence-corrected chi connectivity index (χ0v) is 10.2. The van der Waals surface area contributed by atoms with Crippen molar-refractivity contribution in [3.8, 4) is 0 Å². The molecule has 0 aliphatic carbocycles. The Labute approximate surface area is 105 Å². The highest BCUT2D eigenvalue weighted by atomic mass is 16.4. The minimum atomic E-state index is -1.14. The Bertz CT molecular complexity index is 419. The van der Waals surface area contributed by atoms with E-state index in [1.165, 1.54) is 6.20 Å². The van der Waals surface area contributed by atoms with E-state index in [0.29, 0.717) is 12.4 Å². The molecule has 0 saturated carbocycles. The van der Waals surface area contributed by atoms with E-state index in [4.69, 9.17) is 10.8 Å². The highest BCUT2D eigenvalue weighted by molar-refractivity contribution is 5.85. The molecule has 7 nitrogen and oxygen atoms in total. The summed E-state index contributed by atoms with van der Waals surface area (Å²) in [6, 6.07) is 0. The lowest BCUT2D eigenvalue weighted by atomic mass is 10.3. The molecule has 0 radical (unpaired) electrons. The first-order valence-electron chi connectivity index (χ1n) is 5.63. The van der Waals surface area contributed by atoms with Crippen LogP contribution in [-0.2, 0) is 4.79 Å². The van der Waals surface area contributed by atoms with Gasteiger partial charge in [-0.25, -0.2) is 14.8 Å². The summed E-state index contributed by atoms with van der Waals surface area (Å²) < 4.78 is 0. The minimum Gasteiger partial charge on any atom is -0.476 e. The summed E-state index contributed by atoms with van der Waals surface area (Å²) in [6.07, 6.45) is 4.35. The van der Waals surface area contributed by atoms with Gasteiger partial charge < -0.3 is 15.7 Å². The summed E-state index contributed by atoms with van der Waals surface area (Å²) in [5.74, 6) is -1.15. The van der Waals surface area contributed by atoms with Crippen molar-refractivity contribution >= 4 is 17.7 Å². The number of rotatable bonds is 7. The van der Waals surface area contributed by atoms with Gasteiger partial charge >= 0.3 is 5.97 Å². The van der Waals surface area contributed by atoms with Crippen LogP contribution in [0.25, 0.3) is 0 Å². The number of nitrogens with zero attached hydrogens (tertiary/aromatic N) is 3. The zero-order valence-electron chi connectivity index (χ0n) is 10.2. The Morgan fingerprint density at radius 1 is 1.39 bits per heavy atom. The van der Waals surface area contributed by atoms with Gasteiger partial charge in [0.2, 0.25) is 5.91 Å². The van der Waals surface area contributed by atoms with Gasteiger partial charge in [0.1, 0.15) is 5.82 Å². The molecule has 0 fully saturated rings. The number of nitrogens with two attached hydrogens (primary N) is 1. The van der Waals surface area contributed by atoms with Crippen LogP contribution in [0.1, 0.15) is 30.3 Å². The Balaban J connectivity index is 2.83. The van der Waals surface area contributed by atoms with Gasteiger partial charge in [0.05, 0.1) is 18.9 Å². The Hall–Kier alpha value is -2.18. The average Bonchev–Trinajstić information content (AvgIpc) is 2.34. The molecule has 1 heterocycles. The molecule has 98 valence electrons. The smallest absolute Gasteiger partial charge is 0.356 e. The highest BCUT2D eigenvalue weighted by Gasteiger charge is 2.12. The molecule has 0 atom stereocenters. The zero-order chi connectivity index (χ0) is 13.5. The largest absolute Gasteiger partial charge is 0.476 e. The van der Waals surface area contributed by atoms with Crippen molar-refractivity contribution in [3.05, 3.63) is 18.1 Å². The standard InChI is InChI=1S/C11H16N4O3/c1-2-3-4-15(7-9(12)16)10-6-13-8(5-14-10)11(17)18/h5-6H,2-4,7H2,1H3,(H2,12,16)(H,17,18). The van der Waals surface area contributed by atoms with Crippen molar-refractivity contribution in [2.24, 2.45) is 5.73 Å². The maximum atomic E-state index is 11.0. The summed E-state index contributed by atoms with van der Waals surface area (Å²) in [4.78, 5) is 31.0. The van der Waals surface area contributed by atoms with Crippen LogP contribution in [0.15, 0.2) is 12.4 Å². The lowest BCUT2D eigenvalue weighted by molar-refractivity contribution is -0.116. The number of primary amides is 1. The monoisotopic (exact) mass is 252 g/mol. The van der Waals surface area contributed by atoms with Crippen LogP contribution in [-0.4, -0.2) is 40.0 Å². The number of carboxylic acid groups (broad SMARTS) is 1. The number of hydrogen-bond acceptors (Lipinski definition) is 5. The van der Waals surface area contributed by atoms with Crippen molar-refractivity contribution in [1.29, 1.82) is 0 Å². The molecular weight excluding hydrogens is 236 g/mol. The lowest BCUT2D eigenvalue weighted by Crippen LogP contribution is -2.35. The second-order valence-corrected chi connectivity index (χ2v) is 3.81. The van der Waals surface area contributed by atoms with Crippen molar-refractivity contribution < 1.29 is 14.7 Å². The molecule has 1 amide bonds. The molecule has 0 saturated heterocycles. The molecular formula is C11H16N4O3. The molecule has 0 aliphatic heterocycles. The fourth-order valence-electron chi connectivity index (χ4n) is 1.41. The van der Waals surface area contributed by atoms with Crippen molar-refractivity contribution in [2.45, 2.75) is 19.8 Å². The maximum Gasteiger partial charge on any atom is 0.356 e. The van der Waals surface area contributed by atoms with Crippen LogP contribution in [0.3, 0.4) is 0 Å². The number of anilines is 1. The number of aromatic nitrogens is 2. The number of aromatic carboxylic acids is 1. The van der Waals surface area contributed by atoms with E-state index in [2.05, 4.69) is 9.97 Å². The third-order valence-corrected chi connectivity index (χ3v) is 2.31. The molecule has 0 aromatic carbocycles. The molecule has 0 bridgehead atoms. The van der Waals surface area contributed by atoms with Crippen molar-refractivity contribution in [3.63, 3.8) is 0 Å². The molecule has 0 aliphatic rings. The Morgan fingerprint density at radius 2 is 2.11 bits per heavy atom. The van der Waals surface area contributed by atoms with Crippen LogP contribution in [0.2, 0.25) is 0 Å². The van der Waals surface area contributed by atoms with E-state index in [0.717, 1.165) is 19.0 Å². The van der Waals surface area contributed by atoms with E-state index >= 15 is 0 Å². The molecule has 0 spiro atoms. The van der Waals surface area contributed by atoms with Gasteiger partial charge in [-0.05, 0) is 6.42 Å². The lowest BCUT2D eigenvalue weighted by Gasteiger charge is -2.21. The third-order valence-electron chi connectivity index (χ3n) is 2.31. The van der Waals surface area contributed by atoms with Crippen molar-refractivity contribution in [2.75, 3.05) is 18.0 Å². The summed E-state index contributed by atoms with van der Waals surface area (Å²) >= 11 is 0. The number of carbonyl (C=O) groups excluding carboxylic acids is 1. The average molecular weight is 252 g/mol. The van der Waals surface area contributed by atoms with Gasteiger partial charge in [0.15, 0.2) is 5.69 Å². The minimum absolute atomic E-state index is 0.0428. The Morgan fingerprint density at radius 3 is 2.56 bits per heavy atom. The number of carboxylic acids is 1. The molecule has 1 aromatic heterocycles. The van der Waals surface area contributed by atoms with Crippen LogP contribution in [0.4, 0.5) is 5.82 Å². The van der Waals surface area contributed by atoms with Gasteiger partial charge in [-0.1, -0.05) is 13.3 Å². The first-order valence-corrected chi connectivity index (χ1v) is 5.63. The predicted molar refractivity (Wildman–Crippen MR) is 65.3 cm³/mol. The molecule has 1 rings (SSSR count). The van der Waals surface area contributed by atoms with E-state index in [1.54, 1.807) is 4.90 Å². The second-order valence-electron chi connectivity index (χ2n) is 3.81. The summed E-state index contributed by atoms with van der Waals surface area (Å²) in [5.41, 5.74) is 5.03. The topological polar surface area (TPSA) is 109 Å². The number of unbranched alkanes of at least 4 members (excludes halogenated alkanes) is 1. The SMILES string of the molecule is CCCCN(CC(N)=O)c1cnc(C(=O)O)cn1. The molecule has 18 heavy (non-hydrogen) atoms. The third kappa shape index (κ3) is 4.00. The van der Waals surface area contributed by atoms with Gasteiger partial charge in [0, 0.05) is 6.54 Å². The highest BCUT2D eigenvalue weighted by Crippen LogP contribution is 2.10. The molecule has 3 N–H and O–H groups in total. The molecule has 7 heteroatoms. The van der Waals surface area contributed by atoms with Crippen LogP contribution < -0.4 is 10.6 Å². The van der Waals surface area contributed by atoms with E-state index in [1.807, 2.05) is 6.92 Å². The van der Waals surface area contributed by atoms with Crippen molar-refractivity contribution in [1.82, 2.24) is 9.97 Å². The second kappa shape index (κ2) is 6.53. The number of amides is 1. The van der Waals surface area contributed by atoms with Crippen LogP contribution >= 0.6 is 0 Å². The summed E-state index contributed by atoms with van der Waals surface area (Å²) in [6.45, 7) is 2.70. The van der Waals surface area contributed by atoms with E-state index in [-0.39, 0.29) is 12.2 Å². The van der Waals surface area contributed by atoms with Gasteiger partial charge in [-0.3, -0.25) is 4.79 Å². The van der Waals surface area contributed by atoms with Crippen LogP contribution in [0, 0.1) is 0 Å². The van der Waals surface area contributed by atoms with Gasteiger partial charge in [-0.15, -0.1) is 0 Å². The Kier molecular flexibility index (Phi) is 5.04. The number of carbonyl (C=O) groups is 2. The van der Waals surface area contributed by atoms with Gasteiger partial charge in [0.25, 0.3) is 0 Å². The maximum absolute atomic E-state index is 11.0. The molecule has 1 aromatic rings. The summed E-state index contributed by atoms with van der Waals surface area (Å²) in [7, 11) is 0. The van der Waals surface area contributed by atoms with E-state index < -0.39 is 11.9 Å². The first kappa shape index (κ1) is 13.9. The van der Waals surface area contributed by atoms with Crippen LogP contribution in [0.5, 0.6) is 0 Å². The van der Waals surface area contributed by atoms with E-state index in [9.17, 15) is 9.59 Å².